The van der Waals surface area contributed by atoms with Gasteiger partial charge in [0.05, 0.1) is 18.9 Å². The number of rotatable bonds is 3. The average molecular weight is 339 g/mol. The van der Waals surface area contributed by atoms with Crippen LogP contribution in [0.5, 0.6) is 0 Å². The van der Waals surface area contributed by atoms with Gasteiger partial charge in [-0.15, -0.1) is 0 Å². The lowest BCUT2D eigenvalue weighted by Crippen LogP contribution is -2.36. The summed E-state index contributed by atoms with van der Waals surface area (Å²) in [4.78, 5) is 2.40. The van der Waals surface area contributed by atoms with Crippen molar-refractivity contribution in [2.75, 3.05) is 37.7 Å². The molecule has 1 aromatic carbocycles. The number of ether oxygens (including phenoxy) is 1. The number of anilines is 1. The molecule has 3 nitrogen and oxygen atoms in total. The lowest BCUT2D eigenvalue weighted by Gasteiger charge is -2.30. The van der Waals surface area contributed by atoms with Crippen molar-refractivity contribution in [3.8, 4) is 0 Å². The van der Waals surface area contributed by atoms with Gasteiger partial charge in [-0.2, -0.15) is 0 Å². The normalized spacial score (nSPS) is 23.9. The number of nitrogens with one attached hydrogen (secondary N) is 1. The minimum atomic E-state index is 0.657. The minimum Gasteiger partial charge on any atom is -0.378 e. The van der Waals surface area contributed by atoms with Crippen LogP contribution >= 0.6 is 15.9 Å². The molecule has 0 bridgehead atoms. The van der Waals surface area contributed by atoms with Crippen molar-refractivity contribution >= 4 is 21.6 Å². The lowest BCUT2D eigenvalue weighted by molar-refractivity contribution is 0.122. The number of benzene rings is 1. The van der Waals surface area contributed by atoms with Crippen LogP contribution in [0.25, 0.3) is 0 Å². The van der Waals surface area contributed by atoms with E-state index in [4.69, 9.17) is 4.74 Å². The lowest BCUT2D eigenvalue weighted by atomic mass is 9.97. The molecular formula is C16H23BrN2O. The van der Waals surface area contributed by atoms with Crippen LogP contribution in [0.2, 0.25) is 0 Å². The largest absolute Gasteiger partial charge is 0.378 e. The van der Waals surface area contributed by atoms with E-state index >= 15 is 0 Å². The Bertz CT molecular complexity index is 440. The highest BCUT2D eigenvalue weighted by Gasteiger charge is 2.16. The van der Waals surface area contributed by atoms with Crippen LogP contribution < -0.4 is 10.2 Å². The van der Waals surface area contributed by atoms with Gasteiger partial charge in [0, 0.05) is 23.6 Å². The van der Waals surface area contributed by atoms with Crippen LogP contribution in [-0.2, 0) is 11.2 Å². The van der Waals surface area contributed by atoms with Crippen molar-refractivity contribution in [2.45, 2.75) is 31.7 Å². The Morgan fingerprint density at radius 1 is 1.25 bits per heavy atom. The van der Waals surface area contributed by atoms with Crippen LogP contribution in [0.1, 0.15) is 24.8 Å². The predicted molar refractivity (Wildman–Crippen MR) is 86.5 cm³/mol. The molecule has 2 aliphatic rings. The van der Waals surface area contributed by atoms with E-state index in [9.17, 15) is 0 Å². The molecule has 1 N–H and O–H groups in total. The van der Waals surface area contributed by atoms with Crippen LogP contribution in [0, 0.1) is 0 Å². The second-order valence-electron chi connectivity index (χ2n) is 5.74. The van der Waals surface area contributed by atoms with Gasteiger partial charge >= 0.3 is 0 Å². The third-order valence-electron chi connectivity index (χ3n) is 4.26. The molecule has 2 saturated heterocycles. The molecule has 2 fully saturated rings. The highest BCUT2D eigenvalue weighted by Crippen LogP contribution is 2.28. The van der Waals surface area contributed by atoms with Gasteiger partial charge in [-0.3, -0.25) is 0 Å². The molecule has 0 aliphatic carbocycles. The first-order valence-corrected chi connectivity index (χ1v) is 8.47. The van der Waals surface area contributed by atoms with E-state index in [-0.39, 0.29) is 0 Å². The van der Waals surface area contributed by atoms with Crippen LogP contribution in [0.15, 0.2) is 22.7 Å². The molecule has 0 aromatic heterocycles. The summed E-state index contributed by atoms with van der Waals surface area (Å²) in [6.07, 6.45) is 5.14. The molecule has 0 saturated carbocycles. The standard InChI is InChI=1S/C16H23BrN2O/c17-15-12-13(11-14-3-1-2-6-18-14)4-5-16(15)19-7-9-20-10-8-19/h4-5,12,14,18H,1-3,6-11H2. The average Bonchev–Trinajstić information content (AvgIpc) is 2.49. The summed E-state index contributed by atoms with van der Waals surface area (Å²) in [6.45, 7) is 4.82. The monoisotopic (exact) mass is 338 g/mol. The second-order valence-corrected chi connectivity index (χ2v) is 6.59. The zero-order chi connectivity index (χ0) is 13.8. The zero-order valence-electron chi connectivity index (χ0n) is 11.9. The maximum absolute atomic E-state index is 5.42. The molecule has 2 aliphatic heterocycles. The number of piperidine rings is 1. The summed E-state index contributed by atoms with van der Waals surface area (Å²) in [5.74, 6) is 0. The topological polar surface area (TPSA) is 24.5 Å². The third-order valence-corrected chi connectivity index (χ3v) is 4.89. The van der Waals surface area contributed by atoms with Crippen molar-refractivity contribution in [1.29, 1.82) is 0 Å². The Balaban J connectivity index is 1.66. The Hall–Kier alpha value is -0.580. The van der Waals surface area contributed by atoms with Gasteiger partial charge in [0.25, 0.3) is 0 Å². The first-order chi connectivity index (χ1) is 9.83. The highest BCUT2D eigenvalue weighted by atomic mass is 79.9. The minimum absolute atomic E-state index is 0.657. The smallest absolute Gasteiger partial charge is 0.0642 e. The van der Waals surface area contributed by atoms with Gasteiger partial charge in [-0.1, -0.05) is 12.5 Å². The fourth-order valence-corrected chi connectivity index (χ4v) is 3.80. The Morgan fingerprint density at radius 3 is 2.80 bits per heavy atom. The number of hydrogen-bond acceptors (Lipinski definition) is 3. The van der Waals surface area contributed by atoms with E-state index in [1.165, 1.54) is 41.5 Å². The maximum atomic E-state index is 5.42. The SMILES string of the molecule is Brc1cc(CC2CCCCN2)ccc1N1CCOCC1. The number of nitrogens with zero attached hydrogens (tertiary/aromatic N) is 1. The molecular weight excluding hydrogens is 316 g/mol. The molecule has 110 valence electrons. The van der Waals surface area contributed by atoms with Gasteiger partial charge in [0.15, 0.2) is 0 Å². The molecule has 1 atom stereocenters. The molecule has 4 heteroatoms. The third kappa shape index (κ3) is 3.54. The first kappa shape index (κ1) is 14.4. The van der Waals surface area contributed by atoms with Gasteiger partial charge < -0.3 is 15.0 Å². The molecule has 0 spiro atoms. The van der Waals surface area contributed by atoms with Gasteiger partial charge in [-0.25, -0.2) is 0 Å². The summed E-state index contributed by atoms with van der Waals surface area (Å²) in [6, 6.07) is 7.49. The number of morpholine rings is 1. The summed E-state index contributed by atoms with van der Waals surface area (Å²) >= 11 is 3.74. The number of hydrogen-bond donors (Lipinski definition) is 1. The fourth-order valence-electron chi connectivity index (χ4n) is 3.12. The molecule has 20 heavy (non-hydrogen) atoms. The van der Waals surface area contributed by atoms with E-state index in [2.05, 4.69) is 44.3 Å². The summed E-state index contributed by atoms with van der Waals surface area (Å²) < 4.78 is 6.64. The fraction of sp³-hybridized carbons (Fsp3) is 0.625. The van der Waals surface area contributed by atoms with Gasteiger partial charge in [-0.05, 0) is 59.4 Å². The van der Waals surface area contributed by atoms with Crippen LogP contribution in [-0.4, -0.2) is 38.9 Å². The van der Waals surface area contributed by atoms with E-state index in [1.807, 2.05) is 0 Å². The Labute approximate surface area is 129 Å². The first-order valence-electron chi connectivity index (χ1n) is 7.67. The molecule has 0 amide bonds. The summed E-state index contributed by atoms with van der Waals surface area (Å²) in [5, 5.41) is 3.62. The molecule has 1 unspecified atom stereocenters. The van der Waals surface area contributed by atoms with Gasteiger partial charge in [0.1, 0.15) is 0 Å². The highest BCUT2D eigenvalue weighted by molar-refractivity contribution is 9.10. The van der Waals surface area contributed by atoms with Crippen molar-refractivity contribution in [2.24, 2.45) is 0 Å². The van der Waals surface area contributed by atoms with Crippen LogP contribution in [0.4, 0.5) is 5.69 Å². The van der Waals surface area contributed by atoms with E-state index < -0.39 is 0 Å². The van der Waals surface area contributed by atoms with Crippen molar-refractivity contribution in [3.63, 3.8) is 0 Å². The van der Waals surface area contributed by atoms with Crippen molar-refractivity contribution in [3.05, 3.63) is 28.2 Å². The molecule has 0 radical (unpaired) electrons. The second kappa shape index (κ2) is 6.92. The van der Waals surface area contributed by atoms with Crippen molar-refractivity contribution in [1.82, 2.24) is 5.32 Å². The Kier molecular flexibility index (Phi) is 4.97. The van der Waals surface area contributed by atoms with E-state index in [1.54, 1.807) is 0 Å². The molecule has 3 rings (SSSR count). The zero-order valence-corrected chi connectivity index (χ0v) is 13.5. The van der Waals surface area contributed by atoms with Crippen LogP contribution in [0.3, 0.4) is 0 Å². The van der Waals surface area contributed by atoms with E-state index in [0.29, 0.717) is 6.04 Å². The molecule has 2 heterocycles. The predicted octanol–water partition coefficient (Wildman–Crippen LogP) is 2.97. The van der Waals surface area contributed by atoms with E-state index in [0.717, 1.165) is 32.7 Å². The maximum Gasteiger partial charge on any atom is 0.0642 e. The Morgan fingerprint density at radius 2 is 2.10 bits per heavy atom. The summed E-state index contributed by atoms with van der Waals surface area (Å²) in [7, 11) is 0. The number of halogens is 1. The quantitative estimate of drug-likeness (QED) is 0.916. The summed E-state index contributed by atoms with van der Waals surface area (Å²) in [5.41, 5.74) is 2.72. The van der Waals surface area contributed by atoms with Crippen molar-refractivity contribution < 1.29 is 4.74 Å². The van der Waals surface area contributed by atoms with Gasteiger partial charge in [0.2, 0.25) is 0 Å². The molecule has 1 aromatic rings.